The van der Waals surface area contributed by atoms with E-state index in [2.05, 4.69) is 56.2 Å². The number of ether oxygens (including phenoxy) is 1. The van der Waals surface area contributed by atoms with Crippen molar-refractivity contribution in [1.82, 2.24) is 25.0 Å². The number of aromatic nitrogens is 3. The highest BCUT2D eigenvalue weighted by molar-refractivity contribution is 5.85. The van der Waals surface area contributed by atoms with E-state index in [0.29, 0.717) is 5.92 Å². The predicted octanol–water partition coefficient (Wildman–Crippen LogP) is 2.97. The van der Waals surface area contributed by atoms with Gasteiger partial charge in [-0.3, -0.25) is 4.90 Å². The van der Waals surface area contributed by atoms with Crippen molar-refractivity contribution in [2.45, 2.75) is 51.7 Å². The van der Waals surface area contributed by atoms with Crippen molar-refractivity contribution < 1.29 is 4.74 Å². The maximum absolute atomic E-state index is 5.76. The Balaban J connectivity index is 0.00000210. The second-order valence-corrected chi connectivity index (χ2v) is 7.35. The zero-order valence-corrected chi connectivity index (χ0v) is 16.9. The molecule has 1 aromatic carbocycles. The lowest BCUT2D eigenvalue weighted by Crippen LogP contribution is -2.34. The lowest BCUT2D eigenvalue weighted by molar-refractivity contribution is 0.199. The average molecular weight is 392 g/mol. The van der Waals surface area contributed by atoms with Crippen LogP contribution in [-0.4, -0.2) is 45.9 Å². The van der Waals surface area contributed by atoms with E-state index in [-0.39, 0.29) is 12.4 Å². The van der Waals surface area contributed by atoms with Crippen molar-refractivity contribution in [3.8, 4) is 5.75 Å². The third kappa shape index (κ3) is 4.81. The van der Waals surface area contributed by atoms with Crippen LogP contribution in [0.5, 0.6) is 5.75 Å². The Morgan fingerprint density at radius 3 is 2.85 bits per heavy atom. The van der Waals surface area contributed by atoms with Crippen molar-refractivity contribution in [2.24, 2.45) is 0 Å². The fourth-order valence-electron chi connectivity index (χ4n) is 3.98. The van der Waals surface area contributed by atoms with E-state index in [0.717, 1.165) is 76.7 Å². The van der Waals surface area contributed by atoms with E-state index in [1.54, 1.807) is 0 Å². The Kier molecular flexibility index (Phi) is 7.10. The zero-order chi connectivity index (χ0) is 17.8. The second-order valence-electron chi connectivity index (χ2n) is 7.35. The fourth-order valence-corrected chi connectivity index (χ4v) is 3.98. The number of halogens is 1. The molecule has 7 heteroatoms. The molecule has 1 saturated heterocycles. The topological polar surface area (TPSA) is 55.2 Å². The summed E-state index contributed by atoms with van der Waals surface area (Å²) in [5.74, 6) is 3.83. The molecule has 0 amide bonds. The Morgan fingerprint density at radius 2 is 2.04 bits per heavy atom. The number of nitrogens with zero attached hydrogens (tertiary/aromatic N) is 4. The summed E-state index contributed by atoms with van der Waals surface area (Å²) in [7, 11) is 0. The number of benzene rings is 1. The quantitative estimate of drug-likeness (QED) is 0.820. The highest BCUT2D eigenvalue weighted by Crippen LogP contribution is 2.28. The fraction of sp³-hybridized carbons (Fsp3) is 0.600. The summed E-state index contributed by atoms with van der Waals surface area (Å²) in [5.41, 5.74) is 1.34. The highest BCUT2D eigenvalue weighted by atomic mass is 35.5. The average Bonchev–Trinajstić information content (AvgIpc) is 3.11. The molecular weight excluding hydrogens is 362 g/mol. The van der Waals surface area contributed by atoms with Crippen LogP contribution in [0.1, 0.15) is 49.3 Å². The number of likely N-dealkylation sites (tertiary alicyclic amines) is 1. The molecule has 4 rings (SSSR count). The summed E-state index contributed by atoms with van der Waals surface area (Å²) in [6.07, 6.45) is 3.37. The molecule has 1 aromatic heterocycles. The van der Waals surface area contributed by atoms with Crippen LogP contribution in [0.2, 0.25) is 0 Å². The lowest BCUT2D eigenvalue weighted by Gasteiger charge is -2.32. The molecule has 0 unspecified atom stereocenters. The third-order valence-corrected chi connectivity index (χ3v) is 5.38. The van der Waals surface area contributed by atoms with Gasteiger partial charge < -0.3 is 14.6 Å². The van der Waals surface area contributed by atoms with Crippen LogP contribution in [0, 0.1) is 0 Å². The first-order valence-corrected chi connectivity index (χ1v) is 9.90. The molecule has 0 saturated carbocycles. The summed E-state index contributed by atoms with van der Waals surface area (Å²) in [5, 5.41) is 12.3. The van der Waals surface area contributed by atoms with Gasteiger partial charge in [-0.25, -0.2) is 0 Å². The highest BCUT2D eigenvalue weighted by Gasteiger charge is 2.26. The number of nitrogens with one attached hydrogen (secondary N) is 1. The van der Waals surface area contributed by atoms with Gasteiger partial charge in [0.05, 0.1) is 13.2 Å². The molecule has 0 atom stereocenters. The molecule has 0 radical (unpaired) electrons. The molecular formula is C20H30ClN5O. The summed E-state index contributed by atoms with van der Waals surface area (Å²) in [6, 6.07) is 8.54. The molecule has 148 valence electrons. The zero-order valence-electron chi connectivity index (χ0n) is 16.1. The van der Waals surface area contributed by atoms with Gasteiger partial charge in [0.2, 0.25) is 0 Å². The van der Waals surface area contributed by atoms with Crippen LogP contribution < -0.4 is 10.1 Å². The van der Waals surface area contributed by atoms with E-state index in [4.69, 9.17) is 4.74 Å². The maximum Gasteiger partial charge on any atom is 0.147 e. The molecule has 27 heavy (non-hydrogen) atoms. The van der Waals surface area contributed by atoms with E-state index in [1.807, 2.05) is 0 Å². The van der Waals surface area contributed by atoms with Crippen LogP contribution in [0.3, 0.4) is 0 Å². The van der Waals surface area contributed by atoms with Gasteiger partial charge in [0.15, 0.2) is 0 Å². The van der Waals surface area contributed by atoms with Crippen LogP contribution in [0.4, 0.5) is 0 Å². The van der Waals surface area contributed by atoms with Gasteiger partial charge in [-0.1, -0.05) is 19.1 Å². The molecule has 0 aliphatic carbocycles. The van der Waals surface area contributed by atoms with Gasteiger partial charge in [0.1, 0.15) is 17.4 Å². The number of hydrogen-bond acceptors (Lipinski definition) is 5. The van der Waals surface area contributed by atoms with Crippen LogP contribution in [-0.2, 0) is 19.6 Å². The van der Waals surface area contributed by atoms with E-state index >= 15 is 0 Å². The van der Waals surface area contributed by atoms with E-state index < -0.39 is 0 Å². The smallest absolute Gasteiger partial charge is 0.147 e. The van der Waals surface area contributed by atoms with Crippen molar-refractivity contribution in [3.05, 3.63) is 41.5 Å². The van der Waals surface area contributed by atoms with Crippen molar-refractivity contribution in [1.29, 1.82) is 0 Å². The first-order valence-electron chi connectivity index (χ1n) is 9.90. The van der Waals surface area contributed by atoms with Crippen LogP contribution >= 0.6 is 12.4 Å². The standard InChI is InChI=1S/C20H29N5O.ClH/c1-2-12-26-18-5-3-4-16(13-18)15-24-9-6-17(7-10-24)20-23-22-19-14-21-8-11-25(19)20;/h3-5,13,17,21H,2,6-12,14-15H2,1H3;1H. The Morgan fingerprint density at radius 1 is 1.19 bits per heavy atom. The van der Waals surface area contributed by atoms with E-state index in [9.17, 15) is 0 Å². The van der Waals surface area contributed by atoms with Gasteiger partial charge in [0.25, 0.3) is 0 Å². The van der Waals surface area contributed by atoms with Gasteiger partial charge in [0, 0.05) is 25.6 Å². The van der Waals surface area contributed by atoms with E-state index in [1.165, 1.54) is 11.4 Å². The number of rotatable bonds is 6. The Labute approximate surface area is 167 Å². The normalized spacial score (nSPS) is 18.0. The van der Waals surface area contributed by atoms with Gasteiger partial charge in [-0.15, -0.1) is 22.6 Å². The minimum absolute atomic E-state index is 0. The SMILES string of the molecule is CCCOc1cccc(CN2CCC(c3nnc4n3CCNC4)CC2)c1.Cl. The van der Waals surface area contributed by atoms with Gasteiger partial charge in [-0.05, 0) is 50.0 Å². The summed E-state index contributed by atoms with van der Waals surface area (Å²) in [6.45, 7) is 9.02. The van der Waals surface area contributed by atoms with Crippen LogP contribution in [0.15, 0.2) is 24.3 Å². The molecule has 2 aliphatic rings. The molecule has 6 nitrogen and oxygen atoms in total. The lowest BCUT2D eigenvalue weighted by atomic mass is 9.95. The third-order valence-electron chi connectivity index (χ3n) is 5.38. The van der Waals surface area contributed by atoms with Crippen molar-refractivity contribution in [3.63, 3.8) is 0 Å². The molecule has 2 aromatic rings. The first-order chi connectivity index (χ1) is 12.8. The minimum Gasteiger partial charge on any atom is -0.494 e. The molecule has 0 spiro atoms. The van der Waals surface area contributed by atoms with Crippen molar-refractivity contribution >= 4 is 12.4 Å². The summed E-state index contributed by atoms with van der Waals surface area (Å²) >= 11 is 0. The second kappa shape index (κ2) is 9.53. The number of hydrogen-bond donors (Lipinski definition) is 1. The molecule has 2 aliphatic heterocycles. The molecule has 3 heterocycles. The largest absolute Gasteiger partial charge is 0.494 e. The molecule has 1 fully saturated rings. The molecule has 1 N–H and O–H groups in total. The maximum atomic E-state index is 5.76. The van der Waals surface area contributed by atoms with Gasteiger partial charge in [-0.2, -0.15) is 0 Å². The first kappa shape index (κ1) is 20.1. The van der Waals surface area contributed by atoms with Crippen LogP contribution in [0.25, 0.3) is 0 Å². The summed E-state index contributed by atoms with van der Waals surface area (Å²) < 4.78 is 8.10. The Bertz CT molecular complexity index is 727. The van der Waals surface area contributed by atoms with Gasteiger partial charge >= 0.3 is 0 Å². The monoisotopic (exact) mass is 391 g/mol. The summed E-state index contributed by atoms with van der Waals surface area (Å²) in [4.78, 5) is 2.55. The predicted molar refractivity (Wildman–Crippen MR) is 108 cm³/mol. The minimum atomic E-state index is 0. The Hall–Kier alpha value is -1.63. The molecule has 0 bridgehead atoms. The number of fused-ring (bicyclic) bond motifs is 1. The van der Waals surface area contributed by atoms with Crippen molar-refractivity contribution in [2.75, 3.05) is 26.2 Å². The number of piperidine rings is 1.